The van der Waals surface area contributed by atoms with Gasteiger partial charge in [-0.15, -0.1) is 10.2 Å². The van der Waals surface area contributed by atoms with E-state index in [1.807, 2.05) is 36.4 Å². The van der Waals surface area contributed by atoms with Crippen LogP contribution in [0.5, 0.6) is 5.75 Å². The number of benzene rings is 2. The Bertz CT molecular complexity index is 961. The molecule has 0 unspecified atom stereocenters. The third kappa shape index (κ3) is 4.71. The monoisotopic (exact) mass is 381 g/mol. The van der Waals surface area contributed by atoms with Crippen molar-refractivity contribution in [2.24, 2.45) is 0 Å². The zero-order chi connectivity index (χ0) is 19.2. The van der Waals surface area contributed by atoms with Gasteiger partial charge in [0.25, 0.3) is 0 Å². The van der Waals surface area contributed by atoms with Crippen LogP contribution in [0.1, 0.15) is 43.2 Å². The molecule has 0 aliphatic carbocycles. The number of fused-ring (bicyclic) bond motifs is 1. The van der Waals surface area contributed by atoms with E-state index in [0.29, 0.717) is 11.0 Å². The van der Waals surface area contributed by atoms with Gasteiger partial charge < -0.3 is 4.74 Å². The van der Waals surface area contributed by atoms with E-state index in [1.54, 1.807) is 13.2 Å². The lowest BCUT2D eigenvalue weighted by molar-refractivity contribution is -0.111. The number of carbonyl (C=O) groups is 1. The summed E-state index contributed by atoms with van der Waals surface area (Å²) >= 11 is 1.45. The van der Waals surface area contributed by atoms with Crippen molar-refractivity contribution >= 4 is 39.2 Å². The minimum absolute atomic E-state index is 0.211. The second-order valence-corrected chi connectivity index (χ2v) is 7.26. The smallest absolute Gasteiger partial charge is 0.250 e. The van der Waals surface area contributed by atoms with Crippen LogP contribution < -0.4 is 10.1 Å². The number of anilines is 1. The van der Waals surface area contributed by atoms with Crippen LogP contribution in [0, 0.1) is 0 Å². The minimum Gasteiger partial charge on any atom is -0.497 e. The van der Waals surface area contributed by atoms with Gasteiger partial charge in [0.2, 0.25) is 11.0 Å². The molecule has 3 rings (SSSR count). The molecular weight excluding hydrogens is 358 g/mol. The van der Waals surface area contributed by atoms with Gasteiger partial charge in [0, 0.05) is 12.0 Å². The van der Waals surface area contributed by atoms with Gasteiger partial charge in [0.05, 0.1) is 7.11 Å². The first-order chi connectivity index (χ1) is 13.1. The topological polar surface area (TPSA) is 64.1 Å². The predicted octanol–water partition coefficient (Wildman–Crippen LogP) is 5.26. The Labute approximate surface area is 163 Å². The molecule has 6 heteroatoms. The Morgan fingerprint density at radius 1 is 1.15 bits per heavy atom. The molecule has 0 spiro atoms. The Morgan fingerprint density at radius 2 is 1.89 bits per heavy atom. The van der Waals surface area contributed by atoms with Crippen LogP contribution in [-0.4, -0.2) is 23.2 Å². The van der Waals surface area contributed by atoms with Gasteiger partial charge >= 0.3 is 0 Å². The summed E-state index contributed by atoms with van der Waals surface area (Å²) in [5.41, 5.74) is 0.956. The van der Waals surface area contributed by atoms with Crippen molar-refractivity contribution in [1.82, 2.24) is 10.2 Å². The molecule has 0 bridgehead atoms. The molecule has 0 aliphatic rings. The molecule has 3 aromatic rings. The molecule has 2 aromatic carbocycles. The Kier molecular flexibility index (Phi) is 6.19. The second-order valence-electron chi connectivity index (χ2n) is 6.25. The molecule has 0 saturated carbocycles. The normalized spacial score (nSPS) is 11.4. The molecule has 0 atom stereocenters. The predicted molar refractivity (Wildman–Crippen MR) is 111 cm³/mol. The summed E-state index contributed by atoms with van der Waals surface area (Å²) in [5.74, 6) is 1.02. The van der Waals surface area contributed by atoms with Crippen molar-refractivity contribution in [3.8, 4) is 5.75 Å². The van der Waals surface area contributed by atoms with Gasteiger partial charge in [-0.25, -0.2) is 0 Å². The van der Waals surface area contributed by atoms with Crippen molar-refractivity contribution in [1.29, 1.82) is 0 Å². The van der Waals surface area contributed by atoms with Gasteiger partial charge in [0.1, 0.15) is 10.8 Å². The fraction of sp³-hybridized carbons (Fsp3) is 0.286. The maximum Gasteiger partial charge on any atom is 0.250 e. The third-order valence-corrected chi connectivity index (χ3v) is 5.51. The largest absolute Gasteiger partial charge is 0.497 e. The molecule has 1 amide bonds. The number of methoxy groups -OCH3 is 1. The number of aromatic nitrogens is 2. The summed E-state index contributed by atoms with van der Waals surface area (Å²) in [7, 11) is 1.66. The molecule has 0 radical (unpaired) electrons. The highest BCUT2D eigenvalue weighted by molar-refractivity contribution is 7.15. The zero-order valence-electron chi connectivity index (χ0n) is 15.7. The Balaban J connectivity index is 1.67. The molecular formula is C21H23N3O2S. The van der Waals surface area contributed by atoms with E-state index in [4.69, 9.17) is 4.74 Å². The summed E-state index contributed by atoms with van der Waals surface area (Å²) in [6.07, 6.45) is 5.35. The molecule has 1 N–H and O–H groups in total. The molecule has 140 valence electrons. The zero-order valence-corrected chi connectivity index (χ0v) is 16.5. The summed E-state index contributed by atoms with van der Waals surface area (Å²) < 4.78 is 5.24. The average molecular weight is 382 g/mol. The van der Waals surface area contributed by atoms with Gasteiger partial charge in [-0.3, -0.25) is 10.1 Å². The SMILES string of the molecule is CCC(CC)c1nnc(NC(=O)C=Cc2ccc3cc(OC)ccc3c2)s1. The van der Waals surface area contributed by atoms with Crippen molar-refractivity contribution in [3.05, 3.63) is 53.0 Å². The van der Waals surface area contributed by atoms with Gasteiger partial charge in [-0.2, -0.15) is 0 Å². The molecule has 5 nitrogen and oxygen atoms in total. The number of nitrogens with one attached hydrogen (secondary N) is 1. The van der Waals surface area contributed by atoms with E-state index in [1.165, 1.54) is 17.4 Å². The first-order valence-corrected chi connectivity index (χ1v) is 9.84. The number of nitrogens with zero attached hydrogens (tertiary/aromatic N) is 2. The first-order valence-electron chi connectivity index (χ1n) is 9.03. The highest BCUT2D eigenvalue weighted by Gasteiger charge is 2.13. The van der Waals surface area contributed by atoms with Crippen molar-refractivity contribution in [2.45, 2.75) is 32.6 Å². The van der Waals surface area contributed by atoms with Crippen LogP contribution in [0.3, 0.4) is 0 Å². The Hall–Kier alpha value is -2.73. The lowest BCUT2D eigenvalue weighted by atomic mass is 10.1. The van der Waals surface area contributed by atoms with E-state index in [0.717, 1.165) is 39.9 Å². The standard InChI is InChI=1S/C21H23N3O2S/c1-4-15(5-2)20-23-24-21(27-20)22-19(25)11-7-14-6-8-17-13-18(26-3)10-9-16(17)12-14/h6-13,15H,4-5H2,1-3H3,(H,22,24,25). The quantitative estimate of drug-likeness (QED) is 0.567. The van der Waals surface area contributed by atoms with E-state index in [-0.39, 0.29) is 5.91 Å². The number of ether oxygens (including phenoxy) is 1. The summed E-state index contributed by atoms with van der Waals surface area (Å²) in [6, 6.07) is 11.9. The maximum absolute atomic E-state index is 12.2. The lowest BCUT2D eigenvalue weighted by Crippen LogP contribution is -2.07. The molecule has 27 heavy (non-hydrogen) atoms. The minimum atomic E-state index is -0.211. The lowest BCUT2D eigenvalue weighted by Gasteiger charge is -2.05. The molecule has 1 aromatic heterocycles. The molecule has 1 heterocycles. The van der Waals surface area contributed by atoms with Crippen LogP contribution in [0.15, 0.2) is 42.5 Å². The van der Waals surface area contributed by atoms with Gasteiger partial charge in [-0.05, 0) is 53.5 Å². The second kappa shape index (κ2) is 8.77. The van der Waals surface area contributed by atoms with Crippen LogP contribution in [0.25, 0.3) is 16.8 Å². The van der Waals surface area contributed by atoms with E-state index in [2.05, 4.69) is 29.4 Å². The van der Waals surface area contributed by atoms with E-state index < -0.39 is 0 Å². The van der Waals surface area contributed by atoms with Crippen molar-refractivity contribution in [3.63, 3.8) is 0 Å². The molecule has 0 saturated heterocycles. The summed E-state index contributed by atoms with van der Waals surface area (Å²) in [5, 5.41) is 14.8. The third-order valence-electron chi connectivity index (χ3n) is 4.50. The summed E-state index contributed by atoms with van der Waals surface area (Å²) in [4.78, 5) is 12.2. The fourth-order valence-corrected chi connectivity index (χ4v) is 3.89. The number of carbonyl (C=O) groups excluding carboxylic acids is 1. The number of hydrogen-bond acceptors (Lipinski definition) is 5. The highest BCUT2D eigenvalue weighted by atomic mass is 32.1. The van der Waals surface area contributed by atoms with Crippen molar-refractivity contribution in [2.75, 3.05) is 12.4 Å². The fourth-order valence-electron chi connectivity index (χ4n) is 2.88. The summed E-state index contributed by atoms with van der Waals surface area (Å²) in [6.45, 7) is 4.27. The molecule has 0 fully saturated rings. The van der Waals surface area contributed by atoms with Crippen LogP contribution >= 0.6 is 11.3 Å². The number of hydrogen-bond donors (Lipinski definition) is 1. The van der Waals surface area contributed by atoms with Crippen LogP contribution in [0.2, 0.25) is 0 Å². The number of amides is 1. The highest BCUT2D eigenvalue weighted by Crippen LogP contribution is 2.28. The first kappa shape index (κ1) is 19.0. The van der Waals surface area contributed by atoms with Crippen molar-refractivity contribution < 1.29 is 9.53 Å². The number of rotatable bonds is 7. The average Bonchev–Trinajstić information content (AvgIpc) is 3.15. The molecule has 0 aliphatic heterocycles. The van der Waals surface area contributed by atoms with Gasteiger partial charge in [0.15, 0.2) is 0 Å². The van der Waals surface area contributed by atoms with E-state index in [9.17, 15) is 4.79 Å². The Morgan fingerprint density at radius 3 is 2.63 bits per heavy atom. The maximum atomic E-state index is 12.2. The van der Waals surface area contributed by atoms with E-state index >= 15 is 0 Å². The van der Waals surface area contributed by atoms with Crippen LogP contribution in [0.4, 0.5) is 5.13 Å². The van der Waals surface area contributed by atoms with Gasteiger partial charge in [-0.1, -0.05) is 43.4 Å². The van der Waals surface area contributed by atoms with Crippen LogP contribution in [-0.2, 0) is 4.79 Å².